The molecule has 15 nitrogen and oxygen atoms in total. The molecule has 10 unspecified atom stereocenters. The lowest BCUT2D eigenvalue weighted by Crippen LogP contribution is -2.60. The largest absolute Gasteiger partial charge is 0.504 e. The zero-order chi connectivity index (χ0) is 30.0. The predicted molar refractivity (Wildman–Crippen MR) is 133 cm³/mol. The third-order valence-electron chi connectivity index (χ3n) is 6.80. The van der Waals surface area contributed by atoms with Gasteiger partial charge in [0.2, 0.25) is 12.6 Å². The highest BCUT2D eigenvalue weighted by atomic mass is 16.7. The van der Waals surface area contributed by atoms with Gasteiger partial charge in [0.25, 0.3) is 0 Å². The van der Waals surface area contributed by atoms with E-state index in [1.165, 1.54) is 19.1 Å². The Balaban J connectivity index is 1.51. The van der Waals surface area contributed by atoms with E-state index in [0.29, 0.717) is 0 Å². The van der Waals surface area contributed by atoms with Gasteiger partial charge < -0.3 is 69.6 Å². The van der Waals surface area contributed by atoms with Crippen LogP contribution in [0.15, 0.2) is 36.4 Å². The SMILES string of the molecule is CC1OC(Oc2ccc(O)c(O)c2C(=O)OCc2ccccc2OC2OC(CO)C(O)C(O)C2O)C(O)C(O)C1O. The van der Waals surface area contributed by atoms with Crippen LogP contribution in [0.5, 0.6) is 23.0 Å². The molecule has 2 aromatic carbocycles. The van der Waals surface area contributed by atoms with Crippen molar-refractivity contribution in [3.05, 3.63) is 47.5 Å². The number of carbonyl (C=O) groups excluding carboxylic acids is 1. The van der Waals surface area contributed by atoms with Crippen LogP contribution in [0.1, 0.15) is 22.8 Å². The molecule has 2 fully saturated rings. The second-order valence-corrected chi connectivity index (χ2v) is 9.60. The first-order chi connectivity index (χ1) is 19.4. The van der Waals surface area contributed by atoms with Crippen molar-refractivity contribution in [3.63, 3.8) is 0 Å². The summed E-state index contributed by atoms with van der Waals surface area (Å²) < 4.78 is 27.2. The highest BCUT2D eigenvalue weighted by molar-refractivity contribution is 5.96. The zero-order valence-electron chi connectivity index (χ0n) is 21.6. The lowest BCUT2D eigenvalue weighted by Gasteiger charge is -2.39. The molecular weight excluding hydrogens is 552 g/mol. The van der Waals surface area contributed by atoms with Crippen molar-refractivity contribution >= 4 is 5.97 Å². The molecule has 9 N–H and O–H groups in total. The fourth-order valence-corrected chi connectivity index (χ4v) is 4.34. The van der Waals surface area contributed by atoms with E-state index in [0.717, 1.165) is 12.1 Å². The molecule has 0 saturated carbocycles. The van der Waals surface area contributed by atoms with Crippen LogP contribution in [0.2, 0.25) is 0 Å². The number of hydrogen-bond donors (Lipinski definition) is 9. The number of phenolic OH excluding ortho intramolecular Hbond substituents is 2. The van der Waals surface area contributed by atoms with E-state index in [-0.39, 0.29) is 17.1 Å². The first-order valence-corrected chi connectivity index (χ1v) is 12.6. The monoisotopic (exact) mass is 584 g/mol. The number of esters is 1. The van der Waals surface area contributed by atoms with Crippen molar-refractivity contribution in [1.29, 1.82) is 0 Å². The summed E-state index contributed by atoms with van der Waals surface area (Å²) >= 11 is 0. The maximum atomic E-state index is 13.1. The minimum absolute atomic E-state index is 0.0431. The van der Waals surface area contributed by atoms with E-state index in [9.17, 15) is 50.8 Å². The van der Waals surface area contributed by atoms with Gasteiger partial charge in [-0.25, -0.2) is 4.79 Å². The van der Waals surface area contributed by atoms with Crippen molar-refractivity contribution in [2.24, 2.45) is 0 Å². The molecule has 0 radical (unpaired) electrons. The number of ether oxygens (including phenoxy) is 5. The quantitative estimate of drug-likeness (QED) is 0.118. The molecule has 0 aliphatic carbocycles. The number of phenols is 2. The summed E-state index contributed by atoms with van der Waals surface area (Å²) in [6.45, 7) is 0.276. The Kier molecular flexibility index (Phi) is 9.53. The van der Waals surface area contributed by atoms with Gasteiger partial charge >= 0.3 is 5.97 Å². The Morgan fingerprint density at radius 3 is 2.07 bits per heavy atom. The molecule has 2 aliphatic heterocycles. The van der Waals surface area contributed by atoms with E-state index >= 15 is 0 Å². The van der Waals surface area contributed by atoms with Gasteiger partial charge in [-0.2, -0.15) is 0 Å². The van der Waals surface area contributed by atoms with Crippen LogP contribution in [0.4, 0.5) is 0 Å². The summed E-state index contributed by atoms with van der Waals surface area (Å²) in [5, 5.41) is 90.3. The maximum absolute atomic E-state index is 13.1. The van der Waals surface area contributed by atoms with Crippen LogP contribution in [-0.4, -0.2) is 120 Å². The highest BCUT2D eigenvalue weighted by Gasteiger charge is 2.45. The average Bonchev–Trinajstić information content (AvgIpc) is 2.96. The molecule has 15 heteroatoms. The summed E-state index contributed by atoms with van der Waals surface area (Å²) in [7, 11) is 0. The first kappa shape index (κ1) is 30.7. The highest BCUT2D eigenvalue weighted by Crippen LogP contribution is 2.38. The second-order valence-electron chi connectivity index (χ2n) is 9.60. The topological polar surface area (TPSA) is 245 Å². The molecule has 4 rings (SSSR count). The van der Waals surface area contributed by atoms with Crippen molar-refractivity contribution in [2.45, 2.75) is 74.9 Å². The van der Waals surface area contributed by atoms with Crippen LogP contribution < -0.4 is 9.47 Å². The van der Waals surface area contributed by atoms with Crippen LogP contribution in [0.25, 0.3) is 0 Å². The lowest BCUT2D eigenvalue weighted by atomic mass is 9.99. The molecule has 2 saturated heterocycles. The van der Waals surface area contributed by atoms with E-state index in [4.69, 9.17) is 23.7 Å². The summed E-state index contributed by atoms with van der Waals surface area (Å²) in [6.07, 6.45) is -15.0. The molecule has 0 spiro atoms. The molecule has 2 aromatic rings. The number of para-hydroxylation sites is 1. The number of carbonyl (C=O) groups is 1. The summed E-state index contributed by atoms with van der Waals surface area (Å²) in [4.78, 5) is 13.1. The van der Waals surface area contributed by atoms with Gasteiger partial charge in [-0.05, 0) is 25.1 Å². The molecule has 0 aromatic heterocycles. The van der Waals surface area contributed by atoms with E-state index in [1.54, 1.807) is 12.1 Å². The van der Waals surface area contributed by atoms with Gasteiger partial charge in [-0.1, -0.05) is 18.2 Å². The van der Waals surface area contributed by atoms with Crippen LogP contribution in [0, 0.1) is 0 Å². The lowest BCUT2D eigenvalue weighted by molar-refractivity contribution is -0.277. The molecule has 10 atom stereocenters. The fourth-order valence-electron chi connectivity index (χ4n) is 4.34. The van der Waals surface area contributed by atoms with Gasteiger partial charge in [-0.3, -0.25) is 0 Å². The zero-order valence-corrected chi connectivity index (χ0v) is 21.6. The van der Waals surface area contributed by atoms with Gasteiger partial charge in [0.15, 0.2) is 11.5 Å². The van der Waals surface area contributed by atoms with Gasteiger partial charge in [0.1, 0.15) is 66.4 Å². The van der Waals surface area contributed by atoms with Crippen LogP contribution in [-0.2, 0) is 20.8 Å². The normalized spacial score (nSPS) is 33.7. The average molecular weight is 585 g/mol. The van der Waals surface area contributed by atoms with Crippen LogP contribution in [0.3, 0.4) is 0 Å². The van der Waals surface area contributed by atoms with Gasteiger partial charge in [0.05, 0.1) is 12.7 Å². The molecular formula is C26H32O15. The number of aliphatic hydroxyl groups is 7. The Morgan fingerprint density at radius 2 is 1.39 bits per heavy atom. The minimum atomic E-state index is -1.73. The second kappa shape index (κ2) is 12.7. The number of aromatic hydroxyl groups is 2. The van der Waals surface area contributed by atoms with Gasteiger partial charge in [0, 0.05) is 5.56 Å². The summed E-state index contributed by atoms with van der Waals surface area (Å²) in [5.74, 6) is -3.12. The molecule has 0 amide bonds. The summed E-state index contributed by atoms with van der Waals surface area (Å²) in [5.41, 5.74) is -0.404. The summed E-state index contributed by atoms with van der Waals surface area (Å²) in [6, 6.07) is 8.17. The standard InChI is InChI=1S/C26H32O15/c1-10-17(29)20(32)22(34)25(38-10)40-14-7-6-12(28)18(30)16(14)24(36)37-9-11-4-2-3-5-13(11)39-26-23(35)21(33)19(31)15(8-27)41-26/h2-7,10,15,17,19-23,25-35H,8-9H2,1H3. The predicted octanol–water partition coefficient (Wildman–Crippen LogP) is -2.16. The van der Waals surface area contributed by atoms with Gasteiger partial charge in [-0.15, -0.1) is 0 Å². The number of benzene rings is 2. The third-order valence-corrected chi connectivity index (χ3v) is 6.80. The van der Waals surface area contributed by atoms with Crippen molar-refractivity contribution in [3.8, 4) is 23.0 Å². The van der Waals surface area contributed by atoms with Crippen molar-refractivity contribution in [2.75, 3.05) is 6.61 Å². The van der Waals surface area contributed by atoms with E-state index in [2.05, 4.69) is 0 Å². The molecule has 2 heterocycles. The number of aliphatic hydroxyl groups excluding tert-OH is 7. The minimum Gasteiger partial charge on any atom is -0.504 e. The first-order valence-electron chi connectivity index (χ1n) is 12.6. The Labute approximate surface area is 232 Å². The third kappa shape index (κ3) is 6.33. The maximum Gasteiger partial charge on any atom is 0.346 e. The smallest absolute Gasteiger partial charge is 0.346 e. The van der Waals surface area contributed by atoms with E-state index < -0.39 is 97.7 Å². The van der Waals surface area contributed by atoms with Crippen molar-refractivity contribution in [1.82, 2.24) is 0 Å². The Bertz CT molecular complexity index is 1210. The van der Waals surface area contributed by atoms with Crippen LogP contribution >= 0.6 is 0 Å². The molecule has 41 heavy (non-hydrogen) atoms. The van der Waals surface area contributed by atoms with E-state index in [1.807, 2.05) is 0 Å². The number of rotatable bonds is 8. The molecule has 0 bridgehead atoms. The molecule has 2 aliphatic rings. The Morgan fingerprint density at radius 1 is 0.780 bits per heavy atom. The Hall–Kier alpha value is -3.25. The fraction of sp³-hybridized carbons (Fsp3) is 0.500. The molecule has 226 valence electrons. The number of hydrogen-bond acceptors (Lipinski definition) is 15. The van der Waals surface area contributed by atoms with Crippen molar-refractivity contribution < 1.29 is 74.4 Å².